The van der Waals surface area contributed by atoms with E-state index in [-0.39, 0.29) is 6.10 Å². The van der Waals surface area contributed by atoms with Crippen molar-refractivity contribution >= 4 is 0 Å². The van der Waals surface area contributed by atoms with Crippen LogP contribution in [0.4, 0.5) is 0 Å². The second kappa shape index (κ2) is 5.94. The zero-order valence-electron chi connectivity index (χ0n) is 13.5. The molecular formula is C17H21N3O3. The molecule has 1 unspecified atom stereocenters. The summed E-state index contributed by atoms with van der Waals surface area (Å²) < 4.78 is 16.8. The molecule has 2 aromatic rings. The van der Waals surface area contributed by atoms with Gasteiger partial charge in [0, 0.05) is 31.1 Å². The Balaban J connectivity index is 1.55. The molecule has 2 aliphatic rings. The molecule has 0 spiro atoms. The highest BCUT2D eigenvalue weighted by atomic mass is 16.5. The Hall–Kier alpha value is -1.92. The summed E-state index contributed by atoms with van der Waals surface area (Å²) >= 11 is 0. The van der Waals surface area contributed by atoms with Gasteiger partial charge in [-0.05, 0) is 37.6 Å². The average Bonchev–Trinajstić information content (AvgIpc) is 3.23. The molecule has 122 valence electrons. The number of ether oxygens (including phenoxy) is 2. The summed E-state index contributed by atoms with van der Waals surface area (Å²) in [5, 5.41) is 4.13. The maximum Gasteiger partial charge on any atom is 0.257 e. The topological polar surface area (TPSA) is 60.6 Å². The molecule has 4 rings (SSSR count). The van der Waals surface area contributed by atoms with E-state index in [9.17, 15) is 0 Å². The molecule has 6 heteroatoms. The second-order valence-corrected chi connectivity index (χ2v) is 6.33. The molecule has 0 bridgehead atoms. The number of nitrogens with zero attached hydrogens (tertiary/aromatic N) is 3. The van der Waals surface area contributed by atoms with Crippen molar-refractivity contribution in [2.45, 2.75) is 32.4 Å². The highest BCUT2D eigenvalue weighted by Crippen LogP contribution is 2.30. The molecule has 1 aromatic carbocycles. The molecule has 0 radical (unpaired) electrons. The van der Waals surface area contributed by atoms with Crippen molar-refractivity contribution < 1.29 is 14.0 Å². The van der Waals surface area contributed by atoms with Gasteiger partial charge in [-0.1, -0.05) is 5.16 Å². The fraction of sp³-hybridized carbons (Fsp3) is 0.529. The first-order chi connectivity index (χ1) is 11.2. The van der Waals surface area contributed by atoms with Crippen LogP contribution in [0.15, 0.2) is 22.7 Å². The van der Waals surface area contributed by atoms with E-state index in [0.717, 1.165) is 37.4 Å². The predicted molar refractivity (Wildman–Crippen MR) is 84.3 cm³/mol. The van der Waals surface area contributed by atoms with Crippen LogP contribution in [0.5, 0.6) is 5.75 Å². The number of aromatic nitrogens is 2. The summed E-state index contributed by atoms with van der Waals surface area (Å²) in [6, 6.07) is 6.52. The minimum atomic E-state index is -0.148. The highest BCUT2D eigenvalue weighted by molar-refractivity contribution is 5.59. The monoisotopic (exact) mass is 315 g/mol. The van der Waals surface area contributed by atoms with Crippen molar-refractivity contribution in [3.8, 4) is 17.1 Å². The Bertz CT molecular complexity index is 698. The SMILES string of the molecule is CC(C)N1CCOC(c2nc(-c3ccc4c(c3)CCO4)no2)C1. The summed E-state index contributed by atoms with van der Waals surface area (Å²) in [4.78, 5) is 6.92. The lowest BCUT2D eigenvalue weighted by atomic mass is 10.1. The predicted octanol–water partition coefficient (Wildman–Crippen LogP) is 2.45. The zero-order chi connectivity index (χ0) is 15.8. The molecule has 0 amide bonds. The third kappa shape index (κ3) is 2.84. The Labute approximate surface area is 135 Å². The van der Waals surface area contributed by atoms with Crippen LogP contribution in [0.3, 0.4) is 0 Å². The van der Waals surface area contributed by atoms with Crippen LogP contribution in [-0.2, 0) is 11.2 Å². The van der Waals surface area contributed by atoms with Gasteiger partial charge in [-0.15, -0.1) is 0 Å². The number of benzene rings is 1. The van der Waals surface area contributed by atoms with Crippen molar-refractivity contribution in [2.24, 2.45) is 0 Å². The Kier molecular flexibility index (Phi) is 3.79. The van der Waals surface area contributed by atoms with Gasteiger partial charge >= 0.3 is 0 Å². The van der Waals surface area contributed by atoms with Crippen molar-refractivity contribution in [3.05, 3.63) is 29.7 Å². The van der Waals surface area contributed by atoms with E-state index < -0.39 is 0 Å². The van der Waals surface area contributed by atoms with Gasteiger partial charge < -0.3 is 14.0 Å². The quantitative estimate of drug-likeness (QED) is 0.867. The molecule has 3 heterocycles. The van der Waals surface area contributed by atoms with E-state index in [1.807, 2.05) is 12.1 Å². The van der Waals surface area contributed by atoms with E-state index in [4.69, 9.17) is 14.0 Å². The van der Waals surface area contributed by atoms with E-state index >= 15 is 0 Å². The molecule has 23 heavy (non-hydrogen) atoms. The number of hydrogen-bond donors (Lipinski definition) is 0. The van der Waals surface area contributed by atoms with Gasteiger partial charge in [0.25, 0.3) is 5.89 Å². The summed E-state index contributed by atoms with van der Waals surface area (Å²) in [5.74, 6) is 2.13. The first-order valence-corrected chi connectivity index (χ1v) is 8.16. The number of hydrogen-bond acceptors (Lipinski definition) is 6. The van der Waals surface area contributed by atoms with Crippen molar-refractivity contribution in [1.29, 1.82) is 0 Å². The van der Waals surface area contributed by atoms with E-state index in [0.29, 0.717) is 24.4 Å². The Morgan fingerprint density at radius 3 is 3.04 bits per heavy atom. The molecule has 0 N–H and O–H groups in total. The largest absolute Gasteiger partial charge is 0.493 e. The van der Waals surface area contributed by atoms with Gasteiger partial charge in [0.05, 0.1) is 13.2 Å². The van der Waals surface area contributed by atoms with Crippen LogP contribution < -0.4 is 4.74 Å². The van der Waals surface area contributed by atoms with Crippen molar-refractivity contribution in [3.63, 3.8) is 0 Å². The van der Waals surface area contributed by atoms with E-state index in [1.54, 1.807) is 0 Å². The lowest BCUT2D eigenvalue weighted by Crippen LogP contribution is -2.42. The maximum absolute atomic E-state index is 5.81. The summed E-state index contributed by atoms with van der Waals surface area (Å²) in [6.07, 6.45) is 0.785. The number of morpholine rings is 1. The van der Waals surface area contributed by atoms with Crippen LogP contribution in [-0.4, -0.2) is 47.4 Å². The van der Waals surface area contributed by atoms with Crippen LogP contribution in [0, 0.1) is 0 Å². The minimum absolute atomic E-state index is 0.148. The van der Waals surface area contributed by atoms with Crippen LogP contribution in [0.2, 0.25) is 0 Å². The van der Waals surface area contributed by atoms with Gasteiger partial charge in [0.15, 0.2) is 0 Å². The molecule has 6 nitrogen and oxygen atoms in total. The molecule has 1 fully saturated rings. The molecule has 2 aliphatic heterocycles. The lowest BCUT2D eigenvalue weighted by molar-refractivity contribution is -0.0539. The molecular weight excluding hydrogens is 294 g/mol. The van der Waals surface area contributed by atoms with E-state index in [2.05, 4.69) is 35.0 Å². The summed E-state index contributed by atoms with van der Waals surface area (Å²) in [6.45, 7) is 7.55. The fourth-order valence-electron chi connectivity index (χ4n) is 3.10. The molecule has 1 aromatic heterocycles. The second-order valence-electron chi connectivity index (χ2n) is 6.33. The molecule has 0 saturated carbocycles. The standard InChI is InChI=1S/C17H21N3O3/c1-11(2)20-6-8-22-15(10-20)17-18-16(19-23-17)13-3-4-14-12(9-13)5-7-21-14/h3-4,9,11,15H,5-8,10H2,1-2H3. The van der Waals surface area contributed by atoms with E-state index in [1.165, 1.54) is 5.56 Å². The third-order valence-corrected chi connectivity index (χ3v) is 4.49. The fourth-order valence-corrected chi connectivity index (χ4v) is 3.10. The van der Waals surface area contributed by atoms with Gasteiger partial charge in [0.1, 0.15) is 11.9 Å². The Morgan fingerprint density at radius 2 is 2.17 bits per heavy atom. The summed E-state index contributed by atoms with van der Waals surface area (Å²) in [5.41, 5.74) is 2.16. The average molecular weight is 315 g/mol. The molecule has 1 saturated heterocycles. The Morgan fingerprint density at radius 1 is 1.26 bits per heavy atom. The van der Waals surface area contributed by atoms with Gasteiger partial charge in [-0.2, -0.15) is 4.98 Å². The van der Waals surface area contributed by atoms with Gasteiger partial charge in [0.2, 0.25) is 5.82 Å². The highest BCUT2D eigenvalue weighted by Gasteiger charge is 2.28. The normalized spacial score (nSPS) is 21.4. The molecule has 1 atom stereocenters. The lowest BCUT2D eigenvalue weighted by Gasteiger charge is -2.33. The third-order valence-electron chi connectivity index (χ3n) is 4.49. The molecule has 0 aliphatic carbocycles. The van der Waals surface area contributed by atoms with Crippen LogP contribution >= 0.6 is 0 Å². The minimum Gasteiger partial charge on any atom is -0.493 e. The van der Waals surface area contributed by atoms with Crippen molar-refractivity contribution in [1.82, 2.24) is 15.0 Å². The van der Waals surface area contributed by atoms with Crippen molar-refractivity contribution in [2.75, 3.05) is 26.3 Å². The smallest absolute Gasteiger partial charge is 0.257 e. The summed E-state index contributed by atoms with van der Waals surface area (Å²) in [7, 11) is 0. The van der Waals surface area contributed by atoms with Crippen LogP contribution in [0.25, 0.3) is 11.4 Å². The van der Waals surface area contributed by atoms with Crippen LogP contribution in [0.1, 0.15) is 31.4 Å². The maximum atomic E-state index is 5.81. The van der Waals surface area contributed by atoms with Gasteiger partial charge in [-0.25, -0.2) is 0 Å². The first kappa shape index (κ1) is 14.7. The zero-order valence-corrected chi connectivity index (χ0v) is 13.5. The number of rotatable bonds is 3. The van der Waals surface area contributed by atoms with Gasteiger partial charge in [-0.3, -0.25) is 4.90 Å². The number of fused-ring (bicyclic) bond motifs is 1. The first-order valence-electron chi connectivity index (χ1n) is 8.16.